The lowest BCUT2D eigenvalue weighted by Crippen LogP contribution is -2.25. The quantitative estimate of drug-likeness (QED) is 0.821. The fourth-order valence-corrected chi connectivity index (χ4v) is 4.28. The number of aliphatic hydroxyl groups excluding tert-OH is 1. The summed E-state index contributed by atoms with van der Waals surface area (Å²) in [6, 6.07) is 11.0. The van der Waals surface area contributed by atoms with Gasteiger partial charge in [-0.1, -0.05) is 31.2 Å². The number of hydrogen-bond acceptors (Lipinski definition) is 4. The molecule has 0 saturated heterocycles. The van der Waals surface area contributed by atoms with Gasteiger partial charge in [0.2, 0.25) is 10.0 Å². The first-order valence-electron chi connectivity index (χ1n) is 6.82. The molecule has 114 valence electrons. The Morgan fingerprint density at radius 1 is 1.10 bits per heavy atom. The van der Waals surface area contributed by atoms with E-state index in [-0.39, 0.29) is 6.61 Å². The number of benzene rings is 1. The van der Waals surface area contributed by atoms with Crippen molar-refractivity contribution in [1.29, 1.82) is 0 Å². The molecule has 4 nitrogen and oxygen atoms in total. The summed E-state index contributed by atoms with van der Waals surface area (Å²) in [4.78, 5) is 1.06. The minimum atomic E-state index is -3.40. The summed E-state index contributed by atoms with van der Waals surface area (Å²) in [5.74, 6) is 0. The maximum Gasteiger partial charge on any atom is 0.250 e. The van der Waals surface area contributed by atoms with Crippen LogP contribution in [0.15, 0.2) is 40.6 Å². The van der Waals surface area contributed by atoms with E-state index in [9.17, 15) is 8.42 Å². The van der Waals surface area contributed by atoms with E-state index in [1.807, 2.05) is 37.3 Å². The van der Waals surface area contributed by atoms with E-state index >= 15 is 0 Å². The molecule has 2 aromatic rings. The number of sulfonamides is 1. The van der Waals surface area contributed by atoms with Crippen molar-refractivity contribution in [3.63, 3.8) is 0 Å². The van der Waals surface area contributed by atoms with E-state index in [0.29, 0.717) is 17.2 Å². The first-order valence-corrected chi connectivity index (χ1v) is 9.12. The van der Waals surface area contributed by atoms with Crippen LogP contribution in [-0.2, 0) is 29.5 Å². The van der Waals surface area contributed by atoms with Crippen LogP contribution in [0.5, 0.6) is 0 Å². The molecule has 21 heavy (non-hydrogen) atoms. The van der Waals surface area contributed by atoms with E-state index in [2.05, 4.69) is 4.72 Å². The molecule has 1 heterocycles. The van der Waals surface area contributed by atoms with Crippen LogP contribution in [0.4, 0.5) is 0 Å². The van der Waals surface area contributed by atoms with Crippen molar-refractivity contribution in [3.8, 4) is 0 Å². The van der Waals surface area contributed by atoms with E-state index in [4.69, 9.17) is 5.11 Å². The zero-order valence-electron chi connectivity index (χ0n) is 11.9. The highest BCUT2D eigenvalue weighted by atomic mass is 32.2. The molecule has 0 aliphatic rings. The van der Waals surface area contributed by atoms with Crippen LogP contribution >= 0.6 is 11.3 Å². The average Bonchev–Trinajstić information content (AvgIpc) is 2.98. The summed E-state index contributed by atoms with van der Waals surface area (Å²) in [6.07, 6.45) is 1.47. The second-order valence-corrected chi connectivity index (χ2v) is 7.86. The molecule has 0 radical (unpaired) electrons. The van der Waals surface area contributed by atoms with Crippen LogP contribution < -0.4 is 4.72 Å². The summed E-state index contributed by atoms with van der Waals surface area (Å²) in [7, 11) is -3.40. The highest BCUT2D eigenvalue weighted by Crippen LogP contribution is 2.21. The Morgan fingerprint density at radius 3 is 2.33 bits per heavy atom. The molecule has 0 saturated carbocycles. The first kappa shape index (κ1) is 16.2. The second kappa shape index (κ2) is 7.17. The van der Waals surface area contributed by atoms with Gasteiger partial charge in [-0.3, -0.25) is 0 Å². The van der Waals surface area contributed by atoms with Gasteiger partial charge in [0.15, 0.2) is 0 Å². The zero-order chi connectivity index (χ0) is 15.3. The predicted octanol–water partition coefficient (Wildman–Crippen LogP) is 2.32. The lowest BCUT2D eigenvalue weighted by atomic mass is 10.1. The molecule has 2 rings (SSSR count). The Kier molecular flexibility index (Phi) is 5.52. The third kappa shape index (κ3) is 4.38. The van der Waals surface area contributed by atoms with Gasteiger partial charge in [-0.25, -0.2) is 13.1 Å². The Labute approximate surface area is 129 Å². The lowest BCUT2D eigenvalue weighted by Gasteiger charge is -2.05. The van der Waals surface area contributed by atoms with Crippen molar-refractivity contribution < 1.29 is 13.5 Å². The number of thiophene rings is 1. The number of aryl methyl sites for hydroxylation is 1. The third-order valence-electron chi connectivity index (χ3n) is 3.16. The summed E-state index contributed by atoms with van der Waals surface area (Å²) in [5, 5.41) is 8.97. The fraction of sp³-hybridized carbons (Fsp3) is 0.333. The molecule has 1 aromatic carbocycles. The molecule has 0 unspecified atom stereocenters. The summed E-state index contributed by atoms with van der Waals surface area (Å²) in [6.45, 7) is 2.39. The minimum Gasteiger partial charge on any atom is -0.392 e. The molecule has 0 aliphatic heterocycles. The smallest absolute Gasteiger partial charge is 0.250 e. The molecule has 6 heteroatoms. The largest absolute Gasteiger partial charge is 0.392 e. The monoisotopic (exact) mass is 325 g/mol. The van der Waals surface area contributed by atoms with Crippen molar-refractivity contribution in [1.82, 2.24) is 4.72 Å². The van der Waals surface area contributed by atoms with Crippen molar-refractivity contribution in [2.24, 2.45) is 0 Å². The Balaban J connectivity index is 1.92. The molecule has 1 aromatic heterocycles. The van der Waals surface area contributed by atoms with Crippen LogP contribution in [0, 0.1) is 0 Å². The zero-order valence-corrected chi connectivity index (χ0v) is 13.5. The van der Waals surface area contributed by atoms with Gasteiger partial charge in [-0.2, -0.15) is 0 Å². The number of aliphatic hydroxyl groups is 1. The van der Waals surface area contributed by atoms with Gasteiger partial charge in [-0.05, 0) is 36.1 Å². The molecule has 0 atom stereocenters. The predicted molar refractivity (Wildman–Crippen MR) is 85.0 cm³/mol. The highest BCUT2D eigenvalue weighted by Gasteiger charge is 2.15. The SMILES string of the molecule is CCc1ccc(S(=O)(=O)NCCc2ccc(CO)cc2)s1. The number of hydrogen-bond donors (Lipinski definition) is 2. The third-order valence-corrected chi connectivity index (χ3v) is 6.34. The summed E-state index contributed by atoms with van der Waals surface area (Å²) < 4.78 is 27.2. The topological polar surface area (TPSA) is 66.4 Å². The number of nitrogens with one attached hydrogen (secondary N) is 1. The van der Waals surface area contributed by atoms with E-state index in [1.165, 1.54) is 11.3 Å². The van der Waals surface area contributed by atoms with E-state index < -0.39 is 10.0 Å². The van der Waals surface area contributed by atoms with Crippen molar-refractivity contribution >= 4 is 21.4 Å². The summed E-state index contributed by atoms with van der Waals surface area (Å²) >= 11 is 1.31. The molecule has 0 aliphatic carbocycles. The Hall–Kier alpha value is -1.21. The normalized spacial score (nSPS) is 11.7. The van der Waals surface area contributed by atoms with E-state index in [0.717, 1.165) is 22.4 Å². The molecular weight excluding hydrogens is 306 g/mol. The lowest BCUT2D eigenvalue weighted by molar-refractivity contribution is 0.282. The van der Waals surface area contributed by atoms with E-state index in [1.54, 1.807) is 6.07 Å². The van der Waals surface area contributed by atoms with Gasteiger partial charge in [0, 0.05) is 11.4 Å². The first-order chi connectivity index (χ1) is 10.0. The maximum absolute atomic E-state index is 12.1. The molecule has 0 amide bonds. The Morgan fingerprint density at radius 2 is 1.76 bits per heavy atom. The maximum atomic E-state index is 12.1. The van der Waals surface area contributed by atoms with Gasteiger partial charge in [0.1, 0.15) is 4.21 Å². The molecule has 0 spiro atoms. The van der Waals surface area contributed by atoms with Gasteiger partial charge in [0.25, 0.3) is 0 Å². The van der Waals surface area contributed by atoms with Crippen molar-refractivity contribution in [2.75, 3.05) is 6.54 Å². The highest BCUT2D eigenvalue weighted by molar-refractivity contribution is 7.91. The summed E-state index contributed by atoms with van der Waals surface area (Å²) in [5.41, 5.74) is 1.89. The second-order valence-electron chi connectivity index (χ2n) is 4.70. The van der Waals surface area contributed by atoms with Crippen LogP contribution in [0.3, 0.4) is 0 Å². The van der Waals surface area contributed by atoms with Gasteiger partial charge in [-0.15, -0.1) is 11.3 Å². The van der Waals surface area contributed by atoms with Crippen LogP contribution in [0.25, 0.3) is 0 Å². The molecule has 0 fully saturated rings. The average molecular weight is 325 g/mol. The van der Waals surface area contributed by atoms with Crippen LogP contribution in [-0.4, -0.2) is 20.1 Å². The van der Waals surface area contributed by atoms with Gasteiger partial charge >= 0.3 is 0 Å². The Bertz CT molecular complexity index is 675. The van der Waals surface area contributed by atoms with Gasteiger partial charge in [0.05, 0.1) is 6.61 Å². The number of rotatable bonds is 7. The van der Waals surface area contributed by atoms with Crippen molar-refractivity contribution in [3.05, 3.63) is 52.4 Å². The standard InChI is InChI=1S/C15H19NO3S2/c1-2-14-7-8-15(20-14)21(18,19)16-10-9-12-3-5-13(11-17)6-4-12/h3-8,16-17H,2,9-11H2,1H3. The van der Waals surface area contributed by atoms with Gasteiger partial charge < -0.3 is 5.11 Å². The fourth-order valence-electron chi connectivity index (χ4n) is 1.90. The van der Waals surface area contributed by atoms with Crippen LogP contribution in [0.2, 0.25) is 0 Å². The molecular formula is C15H19NO3S2. The molecule has 2 N–H and O–H groups in total. The molecule has 0 bridgehead atoms. The van der Waals surface area contributed by atoms with Crippen molar-refractivity contribution in [2.45, 2.75) is 30.6 Å². The minimum absolute atomic E-state index is 0.0189. The van der Waals surface area contributed by atoms with Crippen LogP contribution in [0.1, 0.15) is 22.9 Å².